The van der Waals surface area contributed by atoms with E-state index < -0.39 is 0 Å². The molecule has 0 unspecified atom stereocenters. The molecule has 2 heterocycles. The van der Waals surface area contributed by atoms with Crippen LogP contribution in [0.3, 0.4) is 0 Å². The van der Waals surface area contributed by atoms with Gasteiger partial charge >= 0.3 is 0 Å². The van der Waals surface area contributed by atoms with Crippen LogP contribution in [0.1, 0.15) is 22.6 Å². The van der Waals surface area contributed by atoms with E-state index in [0.717, 1.165) is 28.3 Å². The van der Waals surface area contributed by atoms with Gasteiger partial charge in [-0.05, 0) is 24.8 Å². The summed E-state index contributed by atoms with van der Waals surface area (Å²) in [4.78, 5) is 2.49. The van der Waals surface area contributed by atoms with Gasteiger partial charge in [-0.25, -0.2) is 0 Å². The monoisotopic (exact) mass is 270 g/mol. The fraction of sp³-hybridized carbons (Fsp3) is 0.286. The molecule has 1 aliphatic carbocycles. The number of fused-ring (bicyclic) bond motifs is 3. The Kier molecular flexibility index (Phi) is 2.43. The Labute approximate surface area is 114 Å². The summed E-state index contributed by atoms with van der Waals surface area (Å²) in [6.07, 6.45) is 3.58. The van der Waals surface area contributed by atoms with Gasteiger partial charge in [-0.2, -0.15) is 0 Å². The second-order valence-electron chi connectivity index (χ2n) is 4.87. The molecule has 96 valence electrons. The van der Waals surface area contributed by atoms with Gasteiger partial charge < -0.3 is 5.73 Å². The summed E-state index contributed by atoms with van der Waals surface area (Å²) in [7, 11) is 0. The van der Waals surface area contributed by atoms with E-state index in [4.69, 9.17) is 5.73 Å². The van der Waals surface area contributed by atoms with Crippen molar-refractivity contribution in [2.24, 2.45) is 5.73 Å². The lowest BCUT2D eigenvalue weighted by molar-refractivity contribution is 0.888. The Bertz CT molecular complexity index is 739. The van der Waals surface area contributed by atoms with Crippen LogP contribution in [0, 0.1) is 0 Å². The fourth-order valence-corrected chi connectivity index (χ4v) is 3.86. The van der Waals surface area contributed by atoms with Gasteiger partial charge in [0.15, 0.2) is 5.82 Å². The first-order chi connectivity index (χ1) is 9.36. The largest absolute Gasteiger partial charge is 0.326 e. The fourth-order valence-electron chi connectivity index (χ4n) is 2.71. The molecule has 1 aromatic carbocycles. The summed E-state index contributed by atoms with van der Waals surface area (Å²) in [5.74, 6) is 0.956. The van der Waals surface area contributed by atoms with E-state index in [2.05, 4.69) is 38.9 Å². The summed E-state index contributed by atoms with van der Waals surface area (Å²) in [6.45, 7) is 0.573. The van der Waals surface area contributed by atoms with Gasteiger partial charge in [0.2, 0.25) is 4.96 Å². The molecule has 2 N–H and O–H groups in total. The number of nitrogens with zero attached hydrogens (tertiary/aromatic N) is 3. The number of hydrogen-bond donors (Lipinski definition) is 1. The molecule has 0 saturated heterocycles. The van der Waals surface area contributed by atoms with Crippen molar-refractivity contribution in [3.05, 3.63) is 40.4 Å². The van der Waals surface area contributed by atoms with Crippen molar-refractivity contribution in [1.29, 1.82) is 0 Å². The van der Waals surface area contributed by atoms with Gasteiger partial charge in [0, 0.05) is 22.7 Å². The second kappa shape index (κ2) is 4.15. The highest BCUT2D eigenvalue weighted by Gasteiger charge is 2.21. The standard InChI is InChI=1S/C14H14N4S/c15-8-9-4-6-10(7-5-9)13-16-17-14-18(13)11-2-1-3-12(11)19-14/h4-7H,1-3,8,15H2. The van der Waals surface area contributed by atoms with Crippen molar-refractivity contribution >= 4 is 16.3 Å². The van der Waals surface area contributed by atoms with Gasteiger partial charge in [0.25, 0.3) is 0 Å². The Balaban J connectivity index is 1.90. The molecule has 0 amide bonds. The zero-order valence-electron chi connectivity index (χ0n) is 10.5. The van der Waals surface area contributed by atoms with Crippen LogP contribution in [0.15, 0.2) is 24.3 Å². The molecule has 0 fully saturated rings. The van der Waals surface area contributed by atoms with Gasteiger partial charge in [-0.15, -0.1) is 10.2 Å². The van der Waals surface area contributed by atoms with Gasteiger partial charge in [-0.3, -0.25) is 4.40 Å². The van der Waals surface area contributed by atoms with Crippen LogP contribution in [-0.4, -0.2) is 14.6 Å². The predicted octanol–water partition coefficient (Wildman–Crippen LogP) is 2.41. The molecular formula is C14H14N4S. The smallest absolute Gasteiger partial charge is 0.216 e. The molecule has 5 heteroatoms. The van der Waals surface area contributed by atoms with Crippen LogP contribution >= 0.6 is 11.3 Å². The summed E-state index contributed by atoms with van der Waals surface area (Å²) < 4.78 is 2.23. The second-order valence-corrected chi connectivity index (χ2v) is 5.93. The highest BCUT2D eigenvalue weighted by molar-refractivity contribution is 7.17. The topological polar surface area (TPSA) is 56.2 Å². The van der Waals surface area contributed by atoms with Gasteiger partial charge in [-0.1, -0.05) is 35.6 Å². The molecule has 4 rings (SSSR count). The van der Waals surface area contributed by atoms with Crippen LogP contribution in [0.5, 0.6) is 0 Å². The minimum Gasteiger partial charge on any atom is -0.326 e. The van der Waals surface area contributed by atoms with E-state index >= 15 is 0 Å². The first-order valence-corrected chi connectivity index (χ1v) is 7.33. The first-order valence-electron chi connectivity index (χ1n) is 6.52. The SMILES string of the molecule is NCc1ccc(-c2nnc3sc4c(n23)CCC4)cc1. The summed E-state index contributed by atoms with van der Waals surface area (Å²) in [5, 5.41) is 8.66. The number of thiazole rings is 1. The third-order valence-electron chi connectivity index (χ3n) is 3.70. The minimum absolute atomic E-state index is 0.573. The Morgan fingerprint density at radius 3 is 2.79 bits per heavy atom. The quantitative estimate of drug-likeness (QED) is 0.778. The molecule has 0 bridgehead atoms. The minimum atomic E-state index is 0.573. The van der Waals surface area contributed by atoms with Gasteiger partial charge in [0.1, 0.15) is 0 Å². The molecule has 0 spiro atoms. The summed E-state index contributed by atoms with van der Waals surface area (Å²) >= 11 is 1.78. The molecule has 2 aromatic heterocycles. The average Bonchev–Trinajstić information content (AvgIpc) is 3.10. The molecule has 0 aliphatic heterocycles. The molecule has 19 heavy (non-hydrogen) atoms. The molecule has 1 aliphatic rings. The zero-order valence-corrected chi connectivity index (χ0v) is 11.3. The number of aromatic nitrogens is 3. The number of hydrogen-bond acceptors (Lipinski definition) is 4. The maximum absolute atomic E-state index is 5.63. The maximum Gasteiger partial charge on any atom is 0.216 e. The number of rotatable bonds is 2. The lowest BCUT2D eigenvalue weighted by Gasteiger charge is -2.02. The number of aryl methyl sites for hydroxylation is 2. The molecular weight excluding hydrogens is 256 g/mol. The normalized spacial score (nSPS) is 14.2. The van der Waals surface area contributed by atoms with Crippen molar-refractivity contribution in [2.75, 3.05) is 0 Å². The molecule has 0 radical (unpaired) electrons. The lowest BCUT2D eigenvalue weighted by Crippen LogP contribution is -1.96. The third kappa shape index (κ3) is 1.62. The van der Waals surface area contributed by atoms with E-state index in [1.807, 2.05) is 0 Å². The summed E-state index contributed by atoms with van der Waals surface area (Å²) in [6, 6.07) is 8.28. The average molecular weight is 270 g/mol. The first kappa shape index (κ1) is 11.1. The summed E-state index contributed by atoms with van der Waals surface area (Å²) in [5.41, 5.74) is 9.29. The van der Waals surface area contributed by atoms with Crippen molar-refractivity contribution < 1.29 is 0 Å². The molecule has 3 aromatic rings. The number of nitrogens with two attached hydrogens (primary N) is 1. The maximum atomic E-state index is 5.63. The van der Waals surface area contributed by atoms with Crippen LogP contribution in [-0.2, 0) is 19.4 Å². The Morgan fingerprint density at radius 2 is 2.00 bits per heavy atom. The van der Waals surface area contributed by atoms with Crippen LogP contribution < -0.4 is 5.73 Å². The highest BCUT2D eigenvalue weighted by Crippen LogP contribution is 2.33. The van der Waals surface area contributed by atoms with E-state index in [0.29, 0.717) is 6.54 Å². The van der Waals surface area contributed by atoms with E-state index in [-0.39, 0.29) is 0 Å². The van der Waals surface area contributed by atoms with Crippen LogP contribution in [0.2, 0.25) is 0 Å². The van der Waals surface area contributed by atoms with Crippen molar-refractivity contribution in [2.45, 2.75) is 25.8 Å². The van der Waals surface area contributed by atoms with Crippen LogP contribution in [0.4, 0.5) is 0 Å². The highest BCUT2D eigenvalue weighted by atomic mass is 32.1. The Morgan fingerprint density at radius 1 is 1.16 bits per heavy atom. The van der Waals surface area contributed by atoms with Crippen LogP contribution in [0.25, 0.3) is 16.3 Å². The van der Waals surface area contributed by atoms with E-state index in [1.54, 1.807) is 11.3 Å². The van der Waals surface area contributed by atoms with Crippen molar-refractivity contribution in [1.82, 2.24) is 14.6 Å². The lowest BCUT2D eigenvalue weighted by atomic mass is 10.1. The zero-order chi connectivity index (χ0) is 12.8. The van der Waals surface area contributed by atoms with E-state index in [9.17, 15) is 0 Å². The van der Waals surface area contributed by atoms with Crippen molar-refractivity contribution in [3.8, 4) is 11.4 Å². The molecule has 4 nitrogen and oxygen atoms in total. The van der Waals surface area contributed by atoms with Crippen molar-refractivity contribution in [3.63, 3.8) is 0 Å². The van der Waals surface area contributed by atoms with Gasteiger partial charge in [0.05, 0.1) is 0 Å². The third-order valence-corrected chi connectivity index (χ3v) is 4.84. The predicted molar refractivity (Wildman–Crippen MR) is 76.2 cm³/mol. The Hall–Kier alpha value is -1.72. The number of benzene rings is 1. The van der Waals surface area contributed by atoms with E-state index in [1.165, 1.54) is 23.4 Å². The molecule has 0 atom stereocenters. The molecule has 0 saturated carbocycles.